The Bertz CT molecular complexity index is 1280. The van der Waals surface area contributed by atoms with Crippen LogP contribution in [-0.2, 0) is 13.1 Å². The van der Waals surface area contributed by atoms with Crippen LogP contribution < -0.4 is 11.2 Å². The van der Waals surface area contributed by atoms with Gasteiger partial charge in [0, 0.05) is 6.54 Å². The summed E-state index contributed by atoms with van der Waals surface area (Å²) < 4.78 is 17.8. The number of para-hydroxylation sites is 1. The number of aryl methyl sites for hydroxylation is 1. The van der Waals surface area contributed by atoms with Gasteiger partial charge in [-0.1, -0.05) is 38.1 Å². The van der Waals surface area contributed by atoms with Crippen LogP contribution >= 0.6 is 0 Å². The van der Waals surface area contributed by atoms with Crippen molar-refractivity contribution in [2.24, 2.45) is 5.92 Å². The summed E-state index contributed by atoms with van der Waals surface area (Å²) in [5.74, 6) is 0.346. The van der Waals surface area contributed by atoms with E-state index in [1.54, 1.807) is 41.0 Å². The number of benzene rings is 2. The summed E-state index contributed by atoms with van der Waals surface area (Å²) in [5, 5.41) is 4.91. The van der Waals surface area contributed by atoms with Crippen molar-refractivity contribution in [2.45, 2.75) is 33.4 Å². The Kier molecular flexibility index (Phi) is 4.58. The highest BCUT2D eigenvalue weighted by Crippen LogP contribution is 2.13. The van der Waals surface area contributed by atoms with E-state index in [2.05, 4.69) is 18.9 Å². The Balaban J connectivity index is 1.96. The van der Waals surface area contributed by atoms with E-state index in [0.29, 0.717) is 34.7 Å². The van der Waals surface area contributed by atoms with Gasteiger partial charge in [-0.15, -0.1) is 5.10 Å². The van der Waals surface area contributed by atoms with Crippen LogP contribution in [0.25, 0.3) is 16.7 Å². The number of aromatic nitrogens is 4. The van der Waals surface area contributed by atoms with E-state index in [0.717, 1.165) is 6.42 Å². The van der Waals surface area contributed by atoms with E-state index >= 15 is 0 Å². The van der Waals surface area contributed by atoms with Gasteiger partial charge in [0.2, 0.25) is 5.78 Å². The summed E-state index contributed by atoms with van der Waals surface area (Å²) >= 11 is 0. The smallest absolute Gasteiger partial charge is 0.276 e. The molecule has 0 bridgehead atoms. The largest absolute Gasteiger partial charge is 0.352 e. The lowest BCUT2D eigenvalue weighted by molar-refractivity contribution is 0.511. The van der Waals surface area contributed by atoms with Crippen LogP contribution in [0, 0.1) is 11.7 Å². The molecule has 2 aromatic carbocycles. The number of rotatable bonds is 5. The van der Waals surface area contributed by atoms with Gasteiger partial charge in [0.1, 0.15) is 5.82 Å². The van der Waals surface area contributed by atoms with Gasteiger partial charge in [0.05, 0.1) is 17.4 Å². The monoisotopic (exact) mass is 380 g/mol. The van der Waals surface area contributed by atoms with E-state index < -0.39 is 0 Å². The highest BCUT2D eigenvalue weighted by Gasteiger charge is 2.17. The fourth-order valence-electron chi connectivity index (χ4n) is 3.37. The Morgan fingerprint density at radius 1 is 1.07 bits per heavy atom. The van der Waals surface area contributed by atoms with Crippen molar-refractivity contribution in [3.8, 4) is 0 Å². The summed E-state index contributed by atoms with van der Waals surface area (Å²) in [4.78, 5) is 26.1. The third kappa shape index (κ3) is 3.13. The number of nitrogens with zero attached hydrogens (tertiary/aromatic N) is 4. The Labute approximate surface area is 160 Å². The highest BCUT2D eigenvalue weighted by atomic mass is 19.1. The highest BCUT2D eigenvalue weighted by molar-refractivity contribution is 5.79. The van der Waals surface area contributed by atoms with Gasteiger partial charge in [-0.2, -0.15) is 0 Å². The quantitative estimate of drug-likeness (QED) is 0.535. The Morgan fingerprint density at radius 2 is 1.86 bits per heavy atom. The molecule has 4 rings (SSSR count). The maximum atomic E-state index is 13.5. The summed E-state index contributed by atoms with van der Waals surface area (Å²) in [6, 6.07) is 13.1. The molecule has 144 valence electrons. The molecule has 0 saturated carbocycles. The molecule has 0 aliphatic heterocycles. The maximum Gasteiger partial charge on any atom is 0.352 e. The summed E-state index contributed by atoms with van der Waals surface area (Å²) in [6.45, 7) is 4.77. The fraction of sp³-hybridized carbons (Fsp3) is 0.286. The molecule has 7 heteroatoms. The molecule has 2 heterocycles. The molecule has 0 amide bonds. The first-order chi connectivity index (χ1) is 13.5. The maximum absolute atomic E-state index is 13.5. The first kappa shape index (κ1) is 18.2. The van der Waals surface area contributed by atoms with Crippen molar-refractivity contribution < 1.29 is 4.39 Å². The number of halogens is 1. The van der Waals surface area contributed by atoms with E-state index in [1.165, 1.54) is 21.2 Å². The SMILES string of the molecule is CC(C)CCn1c(=O)c2ccccc2n2c(=O)n(Cc3cccc(F)c3)nc12. The van der Waals surface area contributed by atoms with Crippen molar-refractivity contribution in [1.29, 1.82) is 0 Å². The minimum absolute atomic E-state index is 0.130. The molecule has 0 aliphatic rings. The van der Waals surface area contributed by atoms with Gasteiger partial charge in [0.25, 0.3) is 5.56 Å². The number of hydrogen-bond donors (Lipinski definition) is 0. The van der Waals surface area contributed by atoms with Gasteiger partial charge >= 0.3 is 5.69 Å². The van der Waals surface area contributed by atoms with Crippen LogP contribution in [-0.4, -0.2) is 18.7 Å². The first-order valence-electron chi connectivity index (χ1n) is 9.31. The second kappa shape index (κ2) is 7.07. The van der Waals surface area contributed by atoms with Crippen molar-refractivity contribution in [3.63, 3.8) is 0 Å². The van der Waals surface area contributed by atoms with Gasteiger partial charge < -0.3 is 0 Å². The summed E-state index contributed by atoms with van der Waals surface area (Å²) in [7, 11) is 0. The van der Waals surface area contributed by atoms with Crippen LogP contribution in [0.15, 0.2) is 58.1 Å². The molecule has 0 saturated heterocycles. The van der Waals surface area contributed by atoms with Gasteiger partial charge in [0.15, 0.2) is 0 Å². The zero-order valence-corrected chi connectivity index (χ0v) is 15.8. The molecule has 0 N–H and O–H groups in total. The molecule has 0 radical (unpaired) electrons. The van der Waals surface area contributed by atoms with Crippen LogP contribution in [0.2, 0.25) is 0 Å². The zero-order valence-electron chi connectivity index (χ0n) is 15.8. The molecule has 0 fully saturated rings. The van der Waals surface area contributed by atoms with E-state index in [9.17, 15) is 14.0 Å². The first-order valence-corrected chi connectivity index (χ1v) is 9.31. The van der Waals surface area contributed by atoms with E-state index in [4.69, 9.17) is 0 Å². The molecule has 6 nitrogen and oxygen atoms in total. The Morgan fingerprint density at radius 3 is 2.61 bits per heavy atom. The lowest BCUT2D eigenvalue weighted by Crippen LogP contribution is -2.27. The topological polar surface area (TPSA) is 61.3 Å². The minimum Gasteiger partial charge on any atom is -0.276 e. The minimum atomic E-state index is -0.367. The van der Waals surface area contributed by atoms with Gasteiger partial charge in [-0.05, 0) is 42.2 Å². The molecular formula is C21H21FN4O2. The van der Waals surface area contributed by atoms with Crippen molar-refractivity contribution in [2.75, 3.05) is 0 Å². The third-order valence-corrected chi connectivity index (χ3v) is 4.84. The van der Waals surface area contributed by atoms with E-state index in [-0.39, 0.29) is 23.6 Å². The summed E-state index contributed by atoms with van der Waals surface area (Å²) in [5.41, 5.74) is 0.644. The van der Waals surface area contributed by atoms with Crippen LogP contribution in [0.5, 0.6) is 0 Å². The van der Waals surface area contributed by atoms with Crippen molar-refractivity contribution in [3.05, 3.63) is 80.7 Å². The van der Waals surface area contributed by atoms with Crippen LogP contribution in [0.3, 0.4) is 0 Å². The second-order valence-electron chi connectivity index (χ2n) is 7.36. The molecule has 4 aromatic rings. The zero-order chi connectivity index (χ0) is 19.8. The van der Waals surface area contributed by atoms with E-state index in [1.807, 2.05) is 0 Å². The second-order valence-corrected chi connectivity index (χ2v) is 7.36. The van der Waals surface area contributed by atoms with Gasteiger partial charge in [-0.3, -0.25) is 9.36 Å². The molecule has 0 spiro atoms. The molecule has 0 unspecified atom stereocenters. The lowest BCUT2D eigenvalue weighted by atomic mass is 10.1. The normalized spacial score (nSPS) is 11.7. The fourth-order valence-corrected chi connectivity index (χ4v) is 3.37. The predicted molar refractivity (Wildman–Crippen MR) is 106 cm³/mol. The van der Waals surface area contributed by atoms with Crippen molar-refractivity contribution >= 4 is 16.7 Å². The van der Waals surface area contributed by atoms with Crippen LogP contribution in [0.4, 0.5) is 4.39 Å². The average Bonchev–Trinajstić information content (AvgIpc) is 2.98. The molecule has 0 aliphatic carbocycles. The lowest BCUT2D eigenvalue weighted by Gasteiger charge is -2.10. The predicted octanol–water partition coefficient (Wildman–Crippen LogP) is 3.04. The summed E-state index contributed by atoms with van der Waals surface area (Å²) in [6.07, 6.45) is 0.791. The third-order valence-electron chi connectivity index (χ3n) is 4.84. The van der Waals surface area contributed by atoms with Gasteiger partial charge in [-0.25, -0.2) is 18.3 Å². The molecule has 2 aromatic heterocycles. The van der Waals surface area contributed by atoms with Crippen LogP contribution in [0.1, 0.15) is 25.8 Å². The molecule has 28 heavy (non-hydrogen) atoms. The average molecular weight is 380 g/mol. The molecular weight excluding hydrogens is 359 g/mol. The Hall–Kier alpha value is -3.22. The standard InChI is InChI=1S/C21H21FN4O2/c1-14(2)10-11-24-19(27)17-8-3-4-9-18(17)26-20(24)23-25(21(26)28)13-15-6-5-7-16(22)12-15/h3-9,12,14H,10-11,13H2,1-2H3. The van der Waals surface area contributed by atoms with Crippen molar-refractivity contribution in [1.82, 2.24) is 18.7 Å². The molecule has 0 atom stereocenters. The number of hydrogen-bond acceptors (Lipinski definition) is 3. The number of fused-ring (bicyclic) bond motifs is 3.